The Kier molecular flexibility index (Phi) is 6.77. The predicted octanol–water partition coefficient (Wildman–Crippen LogP) is 2.33. The maximum absolute atomic E-state index is 12.9. The number of amides is 1. The van der Waals surface area contributed by atoms with E-state index in [-0.39, 0.29) is 10.8 Å². The van der Waals surface area contributed by atoms with Gasteiger partial charge in [-0.3, -0.25) is 4.79 Å². The molecule has 3 rings (SSSR count). The molecule has 0 aliphatic carbocycles. The Hall–Kier alpha value is -1.87. The normalized spacial score (nSPS) is 18.5. The minimum atomic E-state index is -3.85. The van der Waals surface area contributed by atoms with Crippen molar-refractivity contribution in [1.29, 1.82) is 0 Å². The van der Waals surface area contributed by atoms with Crippen LogP contribution in [0.3, 0.4) is 0 Å². The lowest BCUT2D eigenvalue weighted by molar-refractivity contribution is -0.126. The first-order valence-electron chi connectivity index (χ1n) is 8.56. The van der Waals surface area contributed by atoms with Gasteiger partial charge < -0.3 is 10.1 Å². The molecular formula is C19H19ClN2O4S2. The van der Waals surface area contributed by atoms with Gasteiger partial charge in [0.15, 0.2) is 0 Å². The number of nitrogens with one attached hydrogen (secondary N) is 1. The monoisotopic (exact) mass is 438 g/mol. The second kappa shape index (κ2) is 9.09. The molecule has 0 spiro atoms. The van der Waals surface area contributed by atoms with Crippen molar-refractivity contribution in [3.63, 3.8) is 0 Å². The lowest BCUT2D eigenvalue weighted by Gasteiger charge is -2.24. The molecule has 2 aromatic carbocycles. The number of carbonyl (C=O) groups excluding carboxylic acids is 2. The molecule has 28 heavy (non-hydrogen) atoms. The second-order valence-electron chi connectivity index (χ2n) is 6.30. The number of halogens is 1. The zero-order valence-corrected chi connectivity index (χ0v) is 17.2. The molecule has 1 aliphatic heterocycles. The molecule has 1 fully saturated rings. The Bertz CT molecular complexity index is 936. The molecule has 1 N–H and O–H groups in total. The van der Waals surface area contributed by atoms with Gasteiger partial charge in [0.2, 0.25) is 15.9 Å². The number of aldehydes is 1. The van der Waals surface area contributed by atoms with Gasteiger partial charge in [0.25, 0.3) is 0 Å². The van der Waals surface area contributed by atoms with E-state index in [1.165, 1.54) is 40.3 Å². The van der Waals surface area contributed by atoms with E-state index >= 15 is 0 Å². The highest BCUT2D eigenvalue weighted by atomic mass is 35.5. The van der Waals surface area contributed by atoms with Crippen LogP contribution in [0.4, 0.5) is 0 Å². The van der Waals surface area contributed by atoms with Gasteiger partial charge in [-0.1, -0.05) is 41.9 Å². The summed E-state index contributed by atoms with van der Waals surface area (Å²) >= 11 is 7.18. The van der Waals surface area contributed by atoms with Gasteiger partial charge in [0.1, 0.15) is 12.3 Å². The molecular weight excluding hydrogens is 420 g/mol. The van der Waals surface area contributed by atoms with Crippen molar-refractivity contribution in [3.8, 4) is 0 Å². The molecule has 1 heterocycles. The second-order valence-corrected chi connectivity index (χ2v) is 9.63. The fourth-order valence-electron chi connectivity index (χ4n) is 2.89. The van der Waals surface area contributed by atoms with Crippen molar-refractivity contribution in [1.82, 2.24) is 9.62 Å². The Labute approximate surface area is 173 Å². The summed E-state index contributed by atoms with van der Waals surface area (Å²) in [5, 5.41) is 3.10. The smallest absolute Gasteiger partial charge is 0.244 e. The van der Waals surface area contributed by atoms with Crippen LogP contribution in [0.2, 0.25) is 5.02 Å². The van der Waals surface area contributed by atoms with Crippen molar-refractivity contribution >= 4 is 45.6 Å². The lowest BCUT2D eigenvalue weighted by atomic mass is 10.1. The first kappa shape index (κ1) is 20.9. The Morgan fingerprint density at radius 3 is 2.54 bits per heavy atom. The molecule has 9 heteroatoms. The fourth-order valence-corrected chi connectivity index (χ4v) is 6.17. The summed E-state index contributed by atoms with van der Waals surface area (Å²) in [4.78, 5) is 24.2. The SMILES string of the molecule is O=CC(Cc1ccccc1)NC(=O)[C@H]1CSCN1S(=O)(=O)c1ccc(Cl)cc1. The van der Waals surface area contributed by atoms with Crippen molar-refractivity contribution in [2.75, 3.05) is 11.6 Å². The average Bonchev–Trinajstić information content (AvgIpc) is 3.19. The molecule has 1 aliphatic rings. The number of benzene rings is 2. The van der Waals surface area contributed by atoms with E-state index in [1.807, 2.05) is 30.3 Å². The Morgan fingerprint density at radius 2 is 1.89 bits per heavy atom. The third-order valence-corrected chi connectivity index (χ3v) is 7.65. The molecule has 148 valence electrons. The highest BCUT2D eigenvalue weighted by Crippen LogP contribution is 2.29. The number of nitrogens with zero attached hydrogens (tertiary/aromatic N) is 1. The minimum Gasteiger partial charge on any atom is -0.345 e. The zero-order valence-electron chi connectivity index (χ0n) is 14.8. The maximum atomic E-state index is 12.9. The highest BCUT2D eigenvalue weighted by molar-refractivity contribution is 8.00. The molecule has 1 amide bonds. The first-order valence-corrected chi connectivity index (χ1v) is 11.5. The van der Waals surface area contributed by atoms with Crippen molar-refractivity contribution in [3.05, 3.63) is 65.2 Å². The van der Waals surface area contributed by atoms with Crippen molar-refractivity contribution < 1.29 is 18.0 Å². The Balaban J connectivity index is 1.73. The van der Waals surface area contributed by atoms with Crippen LogP contribution in [0.15, 0.2) is 59.5 Å². The molecule has 0 radical (unpaired) electrons. The predicted molar refractivity (Wildman–Crippen MR) is 110 cm³/mol. The number of sulfonamides is 1. The summed E-state index contributed by atoms with van der Waals surface area (Å²) in [7, 11) is -3.85. The molecule has 1 saturated heterocycles. The van der Waals surface area contributed by atoms with Gasteiger partial charge in [-0.05, 0) is 36.2 Å². The molecule has 1 unspecified atom stereocenters. The van der Waals surface area contributed by atoms with E-state index in [2.05, 4.69) is 5.32 Å². The van der Waals surface area contributed by atoms with Crippen LogP contribution < -0.4 is 5.32 Å². The van der Waals surface area contributed by atoms with Crippen LogP contribution in [0, 0.1) is 0 Å². The van der Waals surface area contributed by atoms with Gasteiger partial charge >= 0.3 is 0 Å². The van der Waals surface area contributed by atoms with E-state index in [0.29, 0.717) is 23.5 Å². The first-order chi connectivity index (χ1) is 13.4. The average molecular weight is 439 g/mol. The number of rotatable bonds is 7. The summed E-state index contributed by atoms with van der Waals surface area (Å²) in [5.74, 6) is 0.0267. The minimum absolute atomic E-state index is 0.0772. The quantitative estimate of drug-likeness (QED) is 0.671. The van der Waals surface area contributed by atoms with E-state index in [0.717, 1.165) is 5.56 Å². The Morgan fingerprint density at radius 1 is 1.21 bits per heavy atom. The topological polar surface area (TPSA) is 83.6 Å². The molecule has 0 saturated carbocycles. The highest BCUT2D eigenvalue weighted by Gasteiger charge is 2.40. The van der Waals surface area contributed by atoms with E-state index < -0.39 is 28.0 Å². The van der Waals surface area contributed by atoms with Crippen LogP contribution in [-0.4, -0.2) is 48.6 Å². The molecule has 2 atom stereocenters. The lowest BCUT2D eigenvalue weighted by Crippen LogP contribution is -2.50. The maximum Gasteiger partial charge on any atom is 0.244 e. The van der Waals surface area contributed by atoms with Gasteiger partial charge in [-0.25, -0.2) is 8.42 Å². The van der Waals surface area contributed by atoms with Gasteiger partial charge in [-0.15, -0.1) is 11.8 Å². The summed E-state index contributed by atoms with van der Waals surface area (Å²) in [6.07, 6.45) is 1.02. The fraction of sp³-hybridized carbons (Fsp3) is 0.263. The van der Waals surface area contributed by atoms with Crippen LogP contribution in [0.25, 0.3) is 0 Å². The standard InChI is InChI=1S/C19H19ClN2O4S2/c20-15-6-8-17(9-7-15)28(25,26)22-13-27-12-18(22)19(24)21-16(11-23)10-14-4-2-1-3-5-14/h1-9,11,16,18H,10,12-13H2,(H,21,24)/t16?,18-/m1/s1. The van der Waals surface area contributed by atoms with Crippen LogP contribution in [-0.2, 0) is 26.0 Å². The summed E-state index contributed by atoms with van der Waals surface area (Å²) in [5.41, 5.74) is 0.909. The van der Waals surface area contributed by atoms with Gasteiger partial charge in [0.05, 0.1) is 16.8 Å². The molecule has 6 nitrogen and oxygen atoms in total. The number of carbonyl (C=O) groups is 2. The van der Waals surface area contributed by atoms with E-state index in [1.54, 1.807) is 0 Å². The largest absolute Gasteiger partial charge is 0.345 e. The van der Waals surface area contributed by atoms with Crippen LogP contribution >= 0.6 is 23.4 Å². The summed E-state index contributed by atoms with van der Waals surface area (Å²) in [6, 6.07) is 13.5. The van der Waals surface area contributed by atoms with Crippen LogP contribution in [0.1, 0.15) is 5.56 Å². The van der Waals surface area contributed by atoms with Crippen LogP contribution in [0.5, 0.6) is 0 Å². The van der Waals surface area contributed by atoms with E-state index in [4.69, 9.17) is 11.6 Å². The number of hydrogen-bond acceptors (Lipinski definition) is 5. The zero-order chi connectivity index (χ0) is 20.1. The van der Waals surface area contributed by atoms with Gasteiger partial charge in [0, 0.05) is 10.8 Å². The third-order valence-electron chi connectivity index (χ3n) is 4.36. The molecule has 2 aromatic rings. The van der Waals surface area contributed by atoms with Gasteiger partial charge in [-0.2, -0.15) is 4.31 Å². The third kappa shape index (κ3) is 4.75. The van der Waals surface area contributed by atoms with Crippen molar-refractivity contribution in [2.24, 2.45) is 0 Å². The van der Waals surface area contributed by atoms with E-state index in [9.17, 15) is 18.0 Å². The summed E-state index contributed by atoms with van der Waals surface area (Å²) < 4.78 is 27.0. The number of hydrogen-bond donors (Lipinski definition) is 1. The molecule has 0 bridgehead atoms. The summed E-state index contributed by atoms with van der Waals surface area (Å²) in [6.45, 7) is 0. The van der Waals surface area contributed by atoms with Crippen molar-refractivity contribution in [2.45, 2.75) is 23.4 Å². The number of thioether (sulfide) groups is 1. The molecule has 0 aromatic heterocycles.